The molecule has 6 heteroatoms. The van der Waals surface area contributed by atoms with Crippen molar-refractivity contribution in [1.82, 2.24) is 15.0 Å². The molecule has 0 spiro atoms. The molecule has 26 heavy (non-hydrogen) atoms. The maximum Gasteiger partial charge on any atom is 0.223 e. The van der Waals surface area contributed by atoms with E-state index in [0.29, 0.717) is 24.7 Å². The molecular weight excluding hydrogens is 330 g/mol. The molecule has 1 N–H and O–H groups in total. The fourth-order valence-corrected chi connectivity index (χ4v) is 4.60. The Morgan fingerprint density at radius 1 is 1.35 bits per heavy atom. The number of aromatic nitrogens is 2. The van der Waals surface area contributed by atoms with Crippen molar-refractivity contribution < 1.29 is 14.4 Å². The number of nitrogens with zero attached hydrogens (tertiary/aromatic N) is 3. The Hall–Kier alpha value is -2.18. The van der Waals surface area contributed by atoms with E-state index in [1.54, 1.807) is 6.92 Å². The molecule has 0 saturated carbocycles. The number of rotatable bonds is 6. The second-order valence-corrected chi connectivity index (χ2v) is 7.38. The van der Waals surface area contributed by atoms with Crippen molar-refractivity contribution in [2.24, 2.45) is 0 Å². The second-order valence-electron chi connectivity index (χ2n) is 7.38. The smallest absolute Gasteiger partial charge is 0.223 e. The fraction of sp³-hybridized carbons (Fsp3) is 0.500. The number of hydrogen-bond donors (Lipinski definition) is 1. The number of benzene rings is 1. The molecule has 2 bridgehead atoms. The van der Waals surface area contributed by atoms with Gasteiger partial charge in [-0.05, 0) is 44.5 Å². The van der Waals surface area contributed by atoms with Crippen LogP contribution in [0.25, 0.3) is 0 Å². The van der Waals surface area contributed by atoms with Gasteiger partial charge in [-0.2, -0.15) is 4.98 Å². The van der Waals surface area contributed by atoms with Crippen LogP contribution in [0.3, 0.4) is 0 Å². The molecule has 1 aromatic heterocycles. The standard InChI is InChI=1S/C20H25N3O3/c1-3-9-20(14-25-16-7-5-4-6-8-16)17(24)19(10-12-23(20)13-11-19)18-21-15(2)26-22-18/h3-8,17,24H,1,9-14H2,2H3. The SMILES string of the molecule is C=CCC1(COc2ccccc2)C(O)C2(c3noc(C)n3)CCN1CC2. The highest BCUT2D eigenvalue weighted by molar-refractivity contribution is 5.26. The zero-order chi connectivity index (χ0) is 18.2. The third-order valence-corrected chi connectivity index (χ3v) is 6.02. The predicted octanol–water partition coefficient (Wildman–Crippen LogP) is 2.48. The number of para-hydroxylation sites is 1. The summed E-state index contributed by atoms with van der Waals surface area (Å²) < 4.78 is 11.3. The van der Waals surface area contributed by atoms with Gasteiger partial charge in [-0.15, -0.1) is 6.58 Å². The summed E-state index contributed by atoms with van der Waals surface area (Å²) in [7, 11) is 0. The second kappa shape index (κ2) is 6.52. The molecular formula is C20H25N3O3. The lowest BCUT2D eigenvalue weighted by atomic mass is 9.60. The highest BCUT2D eigenvalue weighted by atomic mass is 16.5. The van der Waals surface area contributed by atoms with Crippen LogP contribution in [0.4, 0.5) is 0 Å². The summed E-state index contributed by atoms with van der Waals surface area (Å²) in [5.74, 6) is 1.95. The molecule has 6 nitrogen and oxygen atoms in total. The Labute approximate surface area is 153 Å². The van der Waals surface area contributed by atoms with Crippen LogP contribution in [0.15, 0.2) is 47.5 Å². The number of aliphatic hydroxyl groups excluding tert-OH is 1. The van der Waals surface area contributed by atoms with Crippen LogP contribution in [-0.4, -0.2) is 51.5 Å². The Morgan fingerprint density at radius 3 is 2.69 bits per heavy atom. The first-order valence-electron chi connectivity index (χ1n) is 9.13. The van der Waals surface area contributed by atoms with Crippen molar-refractivity contribution in [2.75, 3.05) is 19.7 Å². The molecule has 1 aromatic carbocycles. The molecule has 5 rings (SSSR count). The summed E-state index contributed by atoms with van der Waals surface area (Å²) in [4.78, 5) is 6.82. The Bertz CT molecular complexity index is 768. The summed E-state index contributed by atoms with van der Waals surface area (Å²) in [5.41, 5.74) is -1.03. The van der Waals surface area contributed by atoms with Crippen molar-refractivity contribution in [3.05, 3.63) is 54.7 Å². The van der Waals surface area contributed by atoms with Gasteiger partial charge in [0.2, 0.25) is 5.89 Å². The van der Waals surface area contributed by atoms with Crippen molar-refractivity contribution in [1.29, 1.82) is 0 Å². The van der Waals surface area contributed by atoms with Crippen LogP contribution < -0.4 is 4.74 Å². The van der Waals surface area contributed by atoms with E-state index in [1.165, 1.54) is 0 Å². The van der Waals surface area contributed by atoms with Gasteiger partial charge < -0.3 is 14.4 Å². The van der Waals surface area contributed by atoms with E-state index in [-0.39, 0.29) is 0 Å². The zero-order valence-electron chi connectivity index (χ0n) is 15.1. The van der Waals surface area contributed by atoms with Gasteiger partial charge in [0.1, 0.15) is 12.4 Å². The molecule has 2 atom stereocenters. The number of aryl methyl sites for hydroxylation is 1. The molecule has 4 heterocycles. The minimum Gasteiger partial charge on any atom is -0.492 e. The van der Waals surface area contributed by atoms with Crippen molar-refractivity contribution in [3.63, 3.8) is 0 Å². The maximum absolute atomic E-state index is 11.5. The van der Waals surface area contributed by atoms with Gasteiger partial charge >= 0.3 is 0 Å². The average molecular weight is 355 g/mol. The third-order valence-electron chi connectivity index (χ3n) is 6.02. The Morgan fingerprint density at radius 2 is 2.08 bits per heavy atom. The van der Waals surface area contributed by atoms with E-state index >= 15 is 0 Å². The zero-order valence-corrected chi connectivity index (χ0v) is 15.1. The first-order chi connectivity index (χ1) is 12.6. The molecule has 3 aliphatic heterocycles. The van der Waals surface area contributed by atoms with Gasteiger partial charge in [0.25, 0.3) is 0 Å². The van der Waals surface area contributed by atoms with Gasteiger partial charge in [0.05, 0.1) is 17.1 Å². The largest absolute Gasteiger partial charge is 0.492 e. The Kier molecular flexibility index (Phi) is 4.32. The first kappa shape index (κ1) is 17.2. The Balaban J connectivity index is 1.68. The fourth-order valence-electron chi connectivity index (χ4n) is 4.60. The van der Waals surface area contributed by atoms with Gasteiger partial charge in [-0.25, -0.2) is 0 Å². The lowest BCUT2D eigenvalue weighted by Crippen LogP contribution is -2.74. The van der Waals surface area contributed by atoms with Crippen molar-refractivity contribution >= 4 is 0 Å². The average Bonchev–Trinajstić information content (AvgIpc) is 3.12. The molecule has 0 amide bonds. The topological polar surface area (TPSA) is 71.6 Å². The summed E-state index contributed by atoms with van der Waals surface area (Å²) in [6, 6.07) is 9.72. The number of aliphatic hydroxyl groups is 1. The number of ether oxygens (including phenoxy) is 1. The van der Waals surface area contributed by atoms with E-state index in [2.05, 4.69) is 21.6 Å². The highest BCUT2D eigenvalue weighted by Gasteiger charge is 2.62. The minimum absolute atomic E-state index is 0.392. The lowest BCUT2D eigenvalue weighted by molar-refractivity contribution is -0.165. The van der Waals surface area contributed by atoms with E-state index < -0.39 is 17.1 Å². The van der Waals surface area contributed by atoms with E-state index in [0.717, 1.165) is 31.7 Å². The number of fused-ring (bicyclic) bond motifs is 3. The molecule has 3 fully saturated rings. The molecule has 2 aromatic rings. The molecule has 3 aliphatic rings. The lowest BCUT2D eigenvalue weighted by Gasteiger charge is -2.61. The summed E-state index contributed by atoms with van der Waals surface area (Å²) in [6.45, 7) is 7.85. The quantitative estimate of drug-likeness (QED) is 0.803. The molecule has 2 unspecified atom stereocenters. The third kappa shape index (κ3) is 2.56. The van der Waals surface area contributed by atoms with Gasteiger partial charge in [-0.3, -0.25) is 4.90 Å². The van der Waals surface area contributed by atoms with Crippen molar-refractivity contribution in [3.8, 4) is 5.75 Å². The summed E-state index contributed by atoms with van der Waals surface area (Å²) in [5, 5.41) is 15.7. The molecule has 0 aliphatic carbocycles. The molecule has 138 valence electrons. The van der Waals surface area contributed by atoms with Gasteiger partial charge in [-0.1, -0.05) is 29.4 Å². The highest BCUT2D eigenvalue weighted by Crippen LogP contribution is 2.50. The van der Waals surface area contributed by atoms with Crippen molar-refractivity contribution in [2.45, 2.75) is 43.2 Å². The van der Waals surface area contributed by atoms with E-state index in [1.807, 2.05) is 36.4 Å². The van der Waals surface area contributed by atoms with E-state index in [9.17, 15) is 5.11 Å². The summed E-state index contributed by atoms with van der Waals surface area (Å²) in [6.07, 6.45) is 3.48. The molecule has 3 saturated heterocycles. The molecule has 0 radical (unpaired) electrons. The van der Waals surface area contributed by atoms with Crippen LogP contribution >= 0.6 is 0 Å². The minimum atomic E-state index is -0.656. The summed E-state index contributed by atoms with van der Waals surface area (Å²) >= 11 is 0. The van der Waals surface area contributed by atoms with Gasteiger partial charge in [0, 0.05) is 6.92 Å². The van der Waals surface area contributed by atoms with Crippen LogP contribution in [0, 0.1) is 6.92 Å². The monoisotopic (exact) mass is 355 g/mol. The predicted molar refractivity (Wildman–Crippen MR) is 97.0 cm³/mol. The van der Waals surface area contributed by atoms with E-state index in [4.69, 9.17) is 9.26 Å². The van der Waals surface area contributed by atoms with Crippen LogP contribution in [0.2, 0.25) is 0 Å². The first-order valence-corrected chi connectivity index (χ1v) is 9.13. The number of hydrogen-bond acceptors (Lipinski definition) is 6. The van der Waals surface area contributed by atoms with Gasteiger partial charge in [0.15, 0.2) is 5.82 Å². The van der Waals surface area contributed by atoms with Crippen LogP contribution in [0.1, 0.15) is 31.0 Å². The van der Waals surface area contributed by atoms with Crippen LogP contribution in [-0.2, 0) is 5.41 Å². The normalized spacial score (nSPS) is 33.2. The van der Waals surface area contributed by atoms with Crippen LogP contribution in [0.5, 0.6) is 5.75 Å². The maximum atomic E-state index is 11.5. The number of piperidine rings is 3.